The van der Waals surface area contributed by atoms with E-state index >= 15 is 0 Å². The molecule has 68 valence electrons. The normalized spacial score (nSPS) is 41.9. The van der Waals surface area contributed by atoms with Gasteiger partial charge in [0.15, 0.2) is 6.29 Å². The lowest BCUT2D eigenvalue weighted by atomic mass is 9.94. The van der Waals surface area contributed by atoms with Gasteiger partial charge >= 0.3 is 0 Å². The SMILES string of the molecule is C[C@H]1CO[C@@H]([C@H]2CC=CCC2)O1. The molecule has 0 aromatic heterocycles. The van der Waals surface area contributed by atoms with E-state index < -0.39 is 0 Å². The number of hydrogen-bond donors (Lipinski definition) is 0. The van der Waals surface area contributed by atoms with Gasteiger partial charge in [0.1, 0.15) is 0 Å². The molecule has 0 saturated carbocycles. The third-order valence-electron chi connectivity index (χ3n) is 2.56. The Hall–Kier alpha value is -0.340. The lowest BCUT2D eigenvalue weighted by Crippen LogP contribution is -2.22. The number of ether oxygens (including phenoxy) is 2. The summed E-state index contributed by atoms with van der Waals surface area (Å²) in [6, 6.07) is 0. The molecule has 2 nitrogen and oxygen atoms in total. The average molecular weight is 168 g/mol. The Balaban J connectivity index is 1.88. The van der Waals surface area contributed by atoms with E-state index in [1.165, 1.54) is 12.8 Å². The molecule has 0 spiro atoms. The highest BCUT2D eigenvalue weighted by molar-refractivity contribution is 4.91. The zero-order chi connectivity index (χ0) is 8.39. The van der Waals surface area contributed by atoms with Crippen molar-refractivity contribution in [3.63, 3.8) is 0 Å². The minimum Gasteiger partial charge on any atom is -0.350 e. The fourth-order valence-electron chi connectivity index (χ4n) is 1.85. The second kappa shape index (κ2) is 3.58. The van der Waals surface area contributed by atoms with Crippen molar-refractivity contribution < 1.29 is 9.47 Å². The van der Waals surface area contributed by atoms with Crippen LogP contribution in [0.1, 0.15) is 26.2 Å². The summed E-state index contributed by atoms with van der Waals surface area (Å²) in [6.07, 6.45) is 8.37. The summed E-state index contributed by atoms with van der Waals surface area (Å²) in [7, 11) is 0. The molecule has 12 heavy (non-hydrogen) atoms. The van der Waals surface area contributed by atoms with E-state index in [1.807, 2.05) is 0 Å². The second-order valence-corrected chi connectivity index (χ2v) is 3.69. The van der Waals surface area contributed by atoms with Gasteiger partial charge < -0.3 is 9.47 Å². The van der Waals surface area contributed by atoms with E-state index in [9.17, 15) is 0 Å². The molecule has 1 saturated heterocycles. The molecule has 2 aliphatic rings. The minimum absolute atomic E-state index is 0.0740. The first-order valence-corrected chi connectivity index (χ1v) is 4.78. The molecule has 0 N–H and O–H groups in total. The molecule has 0 amide bonds. The summed E-state index contributed by atoms with van der Waals surface area (Å²) in [6.45, 7) is 2.84. The van der Waals surface area contributed by atoms with E-state index in [1.54, 1.807) is 0 Å². The monoisotopic (exact) mass is 168 g/mol. The van der Waals surface area contributed by atoms with Crippen molar-refractivity contribution in [3.05, 3.63) is 12.2 Å². The lowest BCUT2D eigenvalue weighted by molar-refractivity contribution is -0.0959. The Morgan fingerprint density at radius 3 is 2.83 bits per heavy atom. The van der Waals surface area contributed by atoms with Crippen molar-refractivity contribution in [2.45, 2.75) is 38.6 Å². The molecule has 1 heterocycles. The summed E-state index contributed by atoms with van der Waals surface area (Å²) < 4.78 is 11.2. The van der Waals surface area contributed by atoms with Crippen LogP contribution in [-0.2, 0) is 9.47 Å². The Morgan fingerprint density at radius 2 is 2.25 bits per heavy atom. The molecule has 3 atom stereocenters. The van der Waals surface area contributed by atoms with Crippen LogP contribution in [0.3, 0.4) is 0 Å². The van der Waals surface area contributed by atoms with Crippen molar-refractivity contribution in [1.29, 1.82) is 0 Å². The zero-order valence-electron chi connectivity index (χ0n) is 7.53. The van der Waals surface area contributed by atoms with Crippen LogP contribution in [0.15, 0.2) is 12.2 Å². The van der Waals surface area contributed by atoms with Gasteiger partial charge in [-0.05, 0) is 26.2 Å². The van der Waals surface area contributed by atoms with Gasteiger partial charge in [0, 0.05) is 5.92 Å². The average Bonchev–Trinajstić information content (AvgIpc) is 2.54. The standard InChI is InChI=1S/C10H16O2/c1-8-7-11-10(12-8)9-5-3-2-4-6-9/h2-3,8-10H,4-7H2,1H3/t8-,9-,10+/m0/s1. The predicted octanol–water partition coefficient (Wildman–Crippen LogP) is 2.10. The van der Waals surface area contributed by atoms with Crippen LogP contribution in [-0.4, -0.2) is 19.0 Å². The van der Waals surface area contributed by atoms with E-state index in [2.05, 4.69) is 19.1 Å². The molecule has 2 rings (SSSR count). The Bertz CT molecular complexity index is 177. The van der Waals surface area contributed by atoms with Crippen molar-refractivity contribution in [2.75, 3.05) is 6.61 Å². The van der Waals surface area contributed by atoms with E-state index in [-0.39, 0.29) is 6.29 Å². The summed E-state index contributed by atoms with van der Waals surface area (Å²) in [4.78, 5) is 0. The topological polar surface area (TPSA) is 18.5 Å². The summed E-state index contributed by atoms with van der Waals surface area (Å²) in [5, 5.41) is 0. The van der Waals surface area contributed by atoms with E-state index in [0.717, 1.165) is 13.0 Å². The van der Waals surface area contributed by atoms with Gasteiger partial charge in [-0.15, -0.1) is 0 Å². The smallest absolute Gasteiger partial charge is 0.161 e. The van der Waals surface area contributed by atoms with Gasteiger partial charge in [-0.25, -0.2) is 0 Å². The van der Waals surface area contributed by atoms with Crippen LogP contribution in [0.25, 0.3) is 0 Å². The highest BCUT2D eigenvalue weighted by atomic mass is 16.7. The summed E-state index contributed by atoms with van der Waals surface area (Å²) >= 11 is 0. The number of rotatable bonds is 1. The molecule has 1 aliphatic carbocycles. The van der Waals surface area contributed by atoms with E-state index in [0.29, 0.717) is 12.0 Å². The third kappa shape index (κ3) is 1.70. The van der Waals surface area contributed by atoms with Crippen molar-refractivity contribution >= 4 is 0 Å². The summed E-state index contributed by atoms with van der Waals surface area (Å²) in [5.41, 5.74) is 0. The minimum atomic E-state index is 0.0740. The van der Waals surface area contributed by atoms with Gasteiger partial charge in [0.2, 0.25) is 0 Å². The fourth-order valence-corrected chi connectivity index (χ4v) is 1.85. The van der Waals surface area contributed by atoms with Crippen molar-refractivity contribution in [1.82, 2.24) is 0 Å². The van der Waals surface area contributed by atoms with Crippen LogP contribution in [0.5, 0.6) is 0 Å². The largest absolute Gasteiger partial charge is 0.350 e. The highest BCUT2D eigenvalue weighted by Gasteiger charge is 2.29. The molecule has 0 bridgehead atoms. The fraction of sp³-hybridized carbons (Fsp3) is 0.800. The molecule has 0 unspecified atom stereocenters. The van der Waals surface area contributed by atoms with Gasteiger partial charge in [0.25, 0.3) is 0 Å². The maximum Gasteiger partial charge on any atom is 0.161 e. The van der Waals surface area contributed by atoms with E-state index in [4.69, 9.17) is 9.47 Å². The number of hydrogen-bond acceptors (Lipinski definition) is 2. The Labute approximate surface area is 73.5 Å². The summed E-state index contributed by atoms with van der Waals surface area (Å²) in [5.74, 6) is 0.597. The first-order chi connectivity index (χ1) is 5.86. The Kier molecular flexibility index (Phi) is 2.47. The first-order valence-electron chi connectivity index (χ1n) is 4.78. The molecule has 1 aliphatic heterocycles. The second-order valence-electron chi connectivity index (χ2n) is 3.69. The van der Waals surface area contributed by atoms with Gasteiger partial charge in [-0.3, -0.25) is 0 Å². The van der Waals surface area contributed by atoms with Crippen LogP contribution in [0, 0.1) is 5.92 Å². The van der Waals surface area contributed by atoms with Gasteiger partial charge in [-0.2, -0.15) is 0 Å². The molecule has 1 fully saturated rings. The quantitative estimate of drug-likeness (QED) is 0.558. The van der Waals surface area contributed by atoms with Crippen molar-refractivity contribution in [2.24, 2.45) is 5.92 Å². The van der Waals surface area contributed by atoms with Gasteiger partial charge in [-0.1, -0.05) is 12.2 Å². The maximum atomic E-state index is 5.64. The molecule has 0 aromatic carbocycles. The maximum absolute atomic E-state index is 5.64. The first kappa shape index (κ1) is 8.27. The van der Waals surface area contributed by atoms with Crippen LogP contribution in [0.4, 0.5) is 0 Å². The zero-order valence-corrected chi connectivity index (χ0v) is 7.53. The van der Waals surface area contributed by atoms with Gasteiger partial charge in [0.05, 0.1) is 12.7 Å². The van der Waals surface area contributed by atoms with Crippen LogP contribution in [0.2, 0.25) is 0 Å². The lowest BCUT2D eigenvalue weighted by Gasteiger charge is -2.22. The predicted molar refractivity (Wildman–Crippen MR) is 46.8 cm³/mol. The highest BCUT2D eigenvalue weighted by Crippen LogP contribution is 2.28. The molecule has 0 radical (unpaired) electrons. The molecule has 0 aromatic rings. The van der Waals surface area contributed by atoms with Crippen molar-refractivity contribution in [3.8, 4) is 0 Å². The molecular formula is C10H16O2. The Morgan fingerprint density at radius 1 is 1.33 bits per heavy atom. The molecular weight excluding hydrogens is 152 g/mol. The van der Waals surface area contributed by atoms with Crippen LogP contribution < -0.4 is 0 Å². The molecule has 2 heteroatoms. The van der Waals surface area contributed by atoms with Crippen LogP contribution >= 0.6 is 0 Å². The number of allylic oxidation sites excluding steroid dienone is 2. The third-order valence-corrected chi connectivity index (χ3v) is 2.56.